The monoisotopic (exact) mass is 440 g/mol. The number of benzene rings is 1. The zero-order valence-corrected chi connectivity index (χ0v) is 17.9. The van der Waals surface area contributed by atoms with Crippen LogP contribution in [-0.4, -0.2) is 40.4 Å². The molecule has 1 aliphatic rings. The van der Waals surface area contributed by atoms with Gasteiger partial charge in [-0.15, -0.1) is 0 Å². The molecule has 170 valence electrons. The number of amides is 1. The summed E-state index contributed by atoms with van der Waals surface area (Å²) < 4.78 is 29.0. The Morgan fingerprint density at radius 3 is 2.39 bits per heavy atom. The number of esters is 2. The quantitative estimate of drug-likeness (QED) is 0.309. The molecule has 1 saturated heterocycles. The lowest BCUT2D eigenvalue weighted by atomic mass is 9.94. The van der Waals surface area contributed by atoms with E-state index < -0.39 is 57.8 Å². The number of carbonyl (C=O) groups excluding carboxylic acids is 3. The summed E-state index contributed by atoms with van der Waals surface area (Å²) in [7, 11) is 0. The molecule has 2 rings (SSSR count). The normalized spacial score (nSPS) is 17.4. The Bertz CT molecular complexity index is 874. The third kappa shape index (κ3) is 6.90. The Morgan fingerprint density at radius 1 is 1.29 bits per heavy atom. The lowest BCUT2D eigenvalue weighted by molar-refractivity contribution is -0.387. The van der Waals surface area contributed by atoms with Gasteiger partial charge in [-0.2, -0.15) is 4.39 Å². The molecule has 0 radical (unpaired) electrons. The molecule has 1 amide bonds. The van der Waals surface area contributed by atoms with Gasteiger partial charge in [0, 0.05) is 26.0 Å². The molecule has 11 heteroatoms. The van der Waals surface area contributed by atoms with E-state index in [-0.39, 0.29) is 12.8 Å². The van der Waals surface area contributed by atoms with Crippen LogP contribution in [0.25, 0.3) is 0 Å². The first kappa shape index (κ1) is 24.0. The average molecular weight is 440 g/mol. The second-order valence-electron chi connectivity index (χ2n) is 8.62. The maximum atomic E-state index is 13.6. The van der Waals surface area contributed by atoms with Crippen molar-refractivity contribution in [3.63, 3.8) is 0 Å². The molecule has 1 atom stereocenters. The average Bonchev–Trinajstić information content (AvgIpc) is 2.56. The maximum Gasteiger partial charge on any atom is 0.407 e. The van der Waals surface area contributed by atoms with Crippen LogP contribution in [0.2, 0.25) is 0 Å². The standard InChI is InChI=1S/C20H25FN2O8/c1-19(2,3)31-18(26)22-12(8-11-6-7-14(21)15(9-11)23(27)28)10-13-16(24)29-20(4,5)30-17(13)25/h6-7,9,12-13H,8,10H2,1-5H3,(H,22,26). The topological polar surface area (TPSA) is 134 Å². The van der Waals surface area contributed by atoms with Gasteiger partial charge < -0.3 is 19.5 Å². The van der Waals surface area contributed by atoms with E-state index in [2.05, 4.69) is 5.32 Å². The van der Waals surface area contributed by atoms with Gasteiger partial charge in [0.25, 0.3) is 5.79 Å². The molecule has 1 aliphatic heterocycles. The van der Waals surface area contributed by atoms with Crippen LogP contribution in [0.4, 0.5) is 14.9 Å². The van der Waals surface area contributed by atoms with E-state index in [1.807, 2.05) is 0 Å². The zero-order chi connectivity index (χ0) is 23.6. The first-order chi connectivity index (χ1) is 14.2. The summed E-state index contributed by atoms with van der Waals surface area (Å²) in [5.41, 5.74) is -1.23. The van der Waals surface area contributed by atoms with Crippen molar-refractivity contribution in [2.24, 2.45) is 5.92 Å². The first-order valence-electron chi connectivity index (χ1n) is 9.55. The lowest BCUT2D eigenvalue weighted by Gasteiger charge is -2.34. The fourth-order valence-corrected chi connectivity index (χ4v) is 3.00. The highest BCUT2D eigenvalue weighted by atomic mass is 19.1. The van der Waals surface area contributed by atoms with Crippen LogP contribution < -0.4 is 5.32 Å². The summed E-state index contributed by atoms with van der Waals surface area (Å²) in [6, 6.07) is 2.40. The van der Waals surface area contributed by atoms with E-state index >= 15 is 0 Å². The maximum absolute atomic E-state index is 13.6. The summed E-state index contributed by atoms with van der Waals surface area (Å²) >= 11 is 0. The fraction of sp³-hybridized carbons (Fsp3) is 0.550. The number of halogens is 1. The number of nitrogens with zero attached hydrogens (tertiary/aromatic N) is 1. The predicted molar refractivity (Wildman–Crippen MR) is 104 cm³/mol. The first-order valence-corrected chi connectivity index (χ1v) is 9.55. The van der Waals surface area contributed by atoms with Gasteiger partial charge in [0.15, 0.2) is 5.92 Å². The molecule has 1 aromatic rings. The zero-order valence-electron chi connectivity index (χ0n) is 17.9. The Balaban J connectivity index is 2.25. The van der Waals surface area contributed by atoms with E-state index in [9.17, 15) is 28.9 Å². The Hall–Kier alpha value is -3.24. The van der Waals surface area contributed by atoms with Crippen LogP contribution in [0.3, 0.4) is 0 Å². The van der Waals surface area contributed by atoms with Crippen molar-refractivity contribution < 1.29 is 37.9 Å². The van der Waals surface area contributed by atoms with E-state index in [1.165, 1.54) is 19.9 Å². The minimum atomic E-state index is -1.41. The van der Waals surface area contributed by atoms with Crippen LogP contribution >= 0.6 is 0 Å². The Morgan fingerprint density at radius 2 is 1.87 bits per heavy atom. The molecule has 1 heterocycles. The van der Waals surface area contributed by atoms with Gasteiger partial charge in [-0.25, -0.2) is 4.79 Å². The predicted octanol–water partition coefficient (Wildman–Crippen LogP) is 3.01. The highest BCUT2D eigenvalue weighted by molar-refractivity contribution is 5.96. The number of nitro groups is 1. The van der Waals surface area contributed by atoms with Crippen molar-refractivity contribution in [2.75, 3.05) is 0 Å². The number of nitro benzene ring substituents is 1. The third-order valence-corrected chi connectivity index (χ3v) is 4.19. The number of carbonyl (C=O) groups is 3. The van der Waals surface area contributed by atoms with Crippen LogP contribution in [0.5, 0.6) is 0 Å². The molecule has 0 saturated carbocycles. The number of alkyl carbamates (subject to hydrolysis) is 1. The Kier molecular flexibility index (Phi) is 6.87. The van der Waals surface area contributed by atoms with Crippen LogP contribution in [-0.2, 0) is 30.2 Å². The van der Waals surface area contributed by atoms with Gasteiger partial charge >= 0.3 is 23.7 Å². The van der Waals surface area contributed by atoms with Gasteiger partial charge in [-0.3, -0.25) is 19.7 Å². The minimum absolute atomic E-state index is 0.0409. The van der Waals surface area contributed by atoms with Crippen molar-refractivity contribution in [3.8, 4) is 0 Å². The number of rotatable bonds is 6. The van der Waals surface area contributed by atoms with Gasteiger partial charge in [0.2, 0.25) is 5.82 Å². The molecule has 0 spiro atoms. The van der Waals surface area contributed by atoms with Gasteiger partial charge in [-0.05, 0) is 45.2 Å². The lowest BCUT2D eigenvalue weighted by Crippen LogP contribution is -2.49. The van der Waals surface area contributed by atoms with Crippen molar-refractivity contribution in [2.45, 2.75) is 64.9 Å². The molecule has 1 unspecified atom stereocenters. The second-order valence-corrected chi connectivity index (χ2v) is 8.62. The van der Waals surface area contributed by atoms with E-state index in [0.29, 0.717) is 5.56 Å². The molecule has 0 bridgehead atoms. The van der Waals surface area contributed by atoms with Crippen molar-refractivity contribution in [1.29, 1.82) is 0 Å². The summed E-state index contributed by atoms with van der Waals surface area (Å²) in [5, 5.41) is 13.6. The SMILES string of the molecule is CC(C)(C)OC(=O)NC(Cc1ccc(F)c([N+](=O)[O-])c1)CC1C(=O)OC(C)(C)OC1=O. The summed E-state index contributed by atoms with van der Waals surface area (Å²) in [6.07, 6.45) is -1.06. The summed E-state index contributed by atoms with van der Waals surface area (Å²) in [4.78, 5) is 47.0. The highest BCUT2D eigenvalue weighted by Crippen LogP contribution is 2.27. The van der Waals surface area contributed by atoms with Crippen LogP contribution in [0, 0.1) is 21.8 Å². The smallest absolute Gasteiger partial charge is 0.407 e. The van der Waals surface area contributed by atoms with E-state index in [4.69, 9.17) is 14.2 Å². The molecule has 31 heavy (non-hydrogen) atoms. The van der Waals surface area contributed by atoms with E-state index in [1.54, 1.807) is 20.8 Å². The van der Waals surface area contributed by atoms with Crippen molar-refractivity contribution in [1.82, 2.24) is 5.32 Å². The molecule has 0 aliphatic carbocycles. The molecule has 10 nitrogen and oxygen atoms in total. The summed E-state index contributed by atoms with van der Waals surface area (Å²) in [5.74, 6) is -5.36. The Labute approximate surface area is 178 Å². The van der Waals surface area contributed by atoms with Crippen molar-refractivity contribution >= 4 is 23.7 Å². The minimum Gasteiger partial charge on any atom is -0.444 e. The van der Waals surface area contributed by atoms with Crippen LogP contribution in [0.1, 0.15) is 46.6 Å². The van der Waals surface area contributed by atoms with Gasteiger partial charge in [0.1, 0.15) is 5.60 Å². The summed E-state index contributed by atoms with van der Waals surface area (Å²) in [6.45, 7) is 7.79. The number of nitrogens with one attached hydrogen (secondary N) is 1. The number of hydrogen-bond donors (Lipinski definition) is 1. The molecule has 1 fully saturated rings. The molecule has 1 N–H and O–H groups in total. The molecular formula is C20H25FN2O8. The van der Waals surface area contributed by atoms with Crippen LogP contribution in [0.15, 0.2) is 18.2 Å². The highest BCUT2D eigenvalue weighted by Gasteiger charge is 2.44. The van der Waals surface area contributed by atoms with E-state index in [0.717, 1.165) is 12.1 Å². The molecular weight excluding hydrogens is 415 g/mol. The van der Waals surface area contributed by atoms with Gasteiger partial charge in [0.05, 0.1) is 4.92 Å². The molecule has 1 aromatic carbocycles. The number of cyclic esters (lactones) is 2. The third-order valence-electron chi connectivity index (χ3n) is 4.19. The molecule has 0 aromatic heterocycles. The largest absolute Gasteiger partial charge is 0.444 e. The number of hydrogen-bond acceptors (Lipinski definition) is 8. The fourth-order valence-electron chi connectivity index (χ4n) is 3.00. The second kappa shape index (κ2) is 8.86. The number of ether oxygens (including phenoxy) is 3. The van der Waals surface area contributed by atoms with Crippen molar-refractivity contribution in [3.05, 3.63) is 39.7 Å². The van der Waals surface area contributed by atoms with Gasteiger partial charge in [-0.1, -0.05) is 6.07 Å².